The number of hydrogen-bond donors (Lipinski definition) is 2. The van der Waals surface area contributed by atoms with Crippen molar-refractivity contribution in [1.82, 2.24) is 19.8 Å². The number of nitrogens with one attached hydrogen (secondary N) is 1. The summed E-state index contributed by atoms with van der Waals surface area (Å²) in [4.78, 5) is 26.3. The van der Waals surface area contributed by atoms with E-state index in [1.165, 1.54) is 5.56 Å². The number of anilines is 2. The topological polar surface area (TPSA) is 96.6 Å². The molecule has 0 aliphatic carbocycles. The fraction of sp³-hybridized carbons (Fsp3) is 0.281. The average molecular weight is 539 g/mol. The van der Waals surface area contributed by atoms with Crippen molar-refractivity contribution in [2.45, 2.75) is 27.3 Å². The summed E-state index contributed by atoms with van der Waals surface area (Å²) < 4.78 is 5.46. The Kier molecular flexibility index (Phi) is 9.70. The minimum absolute atomic E-state index is 0.0360. The van der Waals surface area contributed by atoms with E-state index in [0.717, 1.165) is 53.5 Å². The van der Waals surface area contributed by atoms with Crippen molar-refractivity contribution in [3.63, 3.8) is 0 Å². The molecule has 0 spiro atoms. The van der Waals surface area contributed by atoms with Gasteiger partial charge in [0.2, 0.25) is 0 Å². The van der Waals surface area contributed by atoms with E-state index in [0.29, 0.717) is 24.3 Å². The van der Waals surface area contributed by atoms with Gasteiger partial charge >= 0.3 is 0 Å². The number of benzene rings is 1. The number of nitrogens with two attached hydrogens (primary N) is 1. The Morgan fingerprint density at radius 2 is 1.75 bits per heavy atom. The lowest BCUT2D eigenvalue weighted by Gasteiger charge is -2.35. The Hall–Kier alpha value is -4.43. The summed E-state index contributed by atoms with van der Waals surface area (Å²) in [6, 6.07) is 13.6. The van der Waals surface area contributed by atoms with Gasteiger partial charge in [0.05, 0.1) is 12.7 Å². The average Bonchev–Trinajstić information content (AvgIpc) is 2.99. The predicted molar refractivity (Wildman–Crippen MR) is 161 cm³/mol. The largest absolute Gasteiger partial charge is 0.496 e. The monoisotopic (exact) mass is 538 g/mol. The normalized spacial score (nSPS) is 15.2. The minimum atomic E-state index is -0.0360. The van der Waals surface area contributed by atoms with Gasteiger partial charge in [-0.05, 0) is 79.9 Å². The third kappa shape index (κ3) is 6.95. The number of nitrogen functional groups attached to an aromatic ring is 1. The van der Waals surface area contributed by atoms with Crippen LogP contribution in [0.25, 0.3) is 11.1 Å². The molecule has 1 amide bonds. The standard InChI is InChI=1S/C32H38N6O2/c1-5-27(30(6-2)40-4)23(3)20-35-31-10-8-26(21-36-31)25-7-9-29(33)28(19-25)32(39)38-17-15-37(16-18-38)22-24-11-13-34-14-12-24/h5-14,19-21H,15-18,22,33H2,1-4H3,(H,35,36)/b23-20+,27-5-,30-6+. The number of allylic oxidation sites excluding steroid dienone is 3. The number of ether oxygens (including phenoxy) is 1. The molecule has 1 aliphatic rings. The Labute approximate surface area is 236 Å². The molecule has 1 saturated heterocycles. The molecule has 1 aromatic carbocycles. The first kappa shape index (κ1) is 28.6. The number of pyridine rings is 2. The van der Waals surface area contributed by atoms with Crippen LogP contribution < -0.4 is 11.1 Å². The molecule has 3 aromatic rings. The van der Waals surface area contributed by atoms with Crippen LogP contribution in [0, 0.1) is 0 Å². The molecule has 0 atom stereocenters. The van der Waals surface area contributed by atoms with Crippen LogP contribution in [0.15, 0.2) is 96.3 Å². The number of hydrogen-bond acceptors (Lipinski definition) is 7. The third-order valence-electron chi connectivity index (χ3n) is 7.09. The van der Waals surface area contributed by atoms with Crippen LogP contribution in [0.3, 0.4) is 0 Å². The summed E-state index contributed by atoms with van der Waals surface area (Å²) in [5.41, 5.74) is 12.3. The van der Waals surface area contributed by atoms with Crippen LogP contribution in [0.1, 0.15) is 36.7 Å². The number of methoxy groups -OCH3 is 1. The van der Waals surface area contributed by atoms with Crippen molar-refractivity contribution in [3.05, 3.63) is 107 Å². The Morgan fingerprint density at radius 3 is 2.38 bits per heavy atom. The quantitative estimate of drug-likeness (QED) is 0.211. The summed E-state index contributed by atoms with van der Waals surface area (Å²) in [7, 11) is 1.67. The van der Waals surface area contributed by atoms with Crippen molar-refractivity contribution >= 4 is 17.4 Å². The van der Waals surface area contributed by atoms with E-state index in [4.69, 9.17) is 10.5 Å². The summed E-state index contributed by atoms with van der Waals surface area (Å²) in [5.74, 6) is 1.50. The van der Waals surface area contributed by atoms with Gasteiger partial charge in [-0.1, -0.05) is 12.1 Å². The second kappa shape index (κ2) is 13.6. The molecule has 8 nitrogen and oxygen atoms in total. The Bertz CT molecular complexity index is 1390. The molecular weight excluding hydrogens is 500 g/mol. The minimum Gasteiger partial charge on any atom is -0.496 e. The Balaban J connectivity index is 1.40. The molecule has 0 saturated carbocycles. The Morgan fingerprint density at radius 1 is 1.02 bits per heavy atom. The summed E-state index contributed by atoms with van der Waals surface area (Å²) >= 11 is 0. The maximum absolute atomic E-state index is 13.4. The lowest BCUT2D eigenvalue weighted by atomic mass is 10.0. The van der Waals surface area contributed by atoms with Gasteiger partial charge in [-0.2, -0.15) is 0 Å². The first-order valence-electron chi connectivity index (χ1n) is 13.5. The van der Waals surface area contributed by atoms with Gasteiger partial charge in [-0.25, -0.2) is 4.98 Å². The lowest BCUT2D eigenvalue weighted by Crippen LogP contribution is -2.48. The molecule has 40 heavy (non-hydrogen) atoms. The van der Waals surface area contributed by atoms with E-state index >= 15 is 0 Å². The summed E-state index contributed by atoms with van der Waals surface area (Å²) in [6.45, 7) is 9.77. The number of nitrogens with zero attached hydrogens (tertiary/aromatic N) is 4. The van der Waals surface area contributed by atoms with E-state index in [9.17, 15) is 4.79 Å². The molecule has 208 valence electrons. The van der Waals surface area contributed by atoms with Crippen molar-refractivity contribution in [2.24, 2.45) is 0 Å². The summed E-state index contributed by atoms with van der Waals surface area (Å²) in [5, 5.41) is 3.26. The zero-order chi connectivity index (χ0) is 28.5. The van der Waals surface area contributed by atoms with E-state index < -0.39 is 0 Å². The van der Waals surface area contributed by atoms with Gasteiger partial charge in [0.25, 0.3) is 5.91 Å². The summed E-state index contributed by atoms with van der Waals surface area (Å²) in [6.07, 6.45) is 11.3. The van der Waals surface area contributed by atoms with Gasteiger partial charge in [0.15, 0.2) is 0 Å². The van der Waals surface area contributed by atoms with Gasteiger partial charge in [-0.15, -0.1) is 0 Å². The van der Waals surface area contributed by atoms with E-state index in [-0.39, 0.29) is 5.91 Å². The first-order valence-corrected chi connectivity index (χ1v) is 13.5. The van der Waals surface area contributed by atoms with Crippen LogP contribution >= 0.6 is 0 Å². The van der Waals surface area contributed by atoms with Crippen molar-refractivity contribution in [1.29, 1.82) is 0 Å². The molecule has 1 fully saturated rings. The highest BCUT2D eigenvalue weighted by Crippen LogP contribution is 2.26. The van der Waals surface area contributed by atoms with Crippen LogP contribution in [-0.2, 0) is 11.3 Å². The number of amides is 1. The van der Waals surface area contributed by atoms with Crippen molar-refractivity contribution < 1.29 is 9.53 Å². The molecule has 0 radical (unpaired) electrons. The van der Waals surface area contributed by atoms with Gasteiger partial charge in [-0.3, -0.25) is 14.7 Å². The number of aromatic nitrogens is 2. The molecular formula is C32H38N6O2. The fourth-order valence-electron chi connectivity index (χ4n) is 4.80. The molecule has 3 N–H and O–H groups in total. The molecule has 8 heteroatoms. The molecule has 4 rings (SSSR count). The van der Waals surface area contributed by atoms with Crippen LogP contribution in [0.4, 0.5) is 11.5 Å². The second-order valence-electron chi connectivity index (χ2n) is 9.69. The molecule has 3 heterocycles. The van der Waals surface area contributed by atoms with Crippen LogP contribution in [-0.4, -0.2) is 59.0 Å². The molecule has 1 aliphatic heterocycles. The molecule has 0 unspecified atom stereocenters. The predicted octanol–water partition coefficient (Wildman–Crippen LogP) is 5.50. The highest BCUT2D eigenvalue weighted by molar-refractivity contribution is 6.00. The van der Waals surface area contributed by atoms with E-state index in [1.54, 1.807) is 19.4 Å². The second-order valence-corrected chi connectivity index (χ2v) is 9.69. The van der Waals surface area contributed by atoms with Crippen LogP contribution in [0.5, 0.6) is 0 Å². The zero-order valence-corrected chi connectivity index (χ0v) is 23.7. The smallest absolute Gasteiger partial charge is 0.256 e. The third-order valence-corrected chi connectivity index (χ3v) is 7.09. The number of carbonyl (C=O) groups is 1. The highest BCUT2D eigenvalue weighted by Gasteiger charge is 2.24. The van der Waals surface area contributed by atoms with Crippen molar-refractivity contribution in [2.75, 3.05) is 44.3 Å². The number of rotatable bonds is 9. The van der Waals surface area contributed by atoms with E-state index in [1.807, 2.05) is 92.8 Å². The van der Waals surface area contributed by atoms with Gasteiger partial charge in [0, 0.05) is 74.3 Å². The van der Waals surface area contributed by atoms with E-state index in [2.05, 4.69) is 20.2 Å². The maximum Gasteiger partial charge on any atom is 0.256 e. The first-order chi connectivity index (χ1) is 19.4. The fourth-order valence-corrected chi connectivity index (χ4v) is 4.80. The maximum atomic E-state index is 13.4. The van der Waals surface area contributed by atoms with Crippen LogP contribution in [0.2, 0.25) is 0 Å². The molecule has 2 aromatic heterocycles. The number of carbonyl (C=O) groups excluding carboxylic acids is 1. The SMILES string of the molecule is C/C=C(C(/C)=C/Nc1ccc(-c2ccc(N)c(C(=O)N3CCN(Cc4ccncc4)CC3)c2)cn1)\C(=C/C)OC. The number of piperazine rings is 1. The lowest BCUT2D eigenvalue weighted by molar-refractivity contribution is 0.0629. The van der Waals surface area contributed by atoms with Crippen molar-refractivity contribution in [3.8, 4) is 11.1 Å². The van der Waals surface area contributed by atoms with Gasteiger partial charge in [0.1, 0.15) is 11.6 Å². The zero-order valence-electron chi connectivity index (χ0n) is 23.7. The highest BCUT2D eigenvalue weighted by atomic mass is 16.5. The molecule has 0 bridgehead atoms. The van der Waals surface area contributed by atoms with Gasteiger partial charge < -0.3 is 20.7 Å².